The highest BCUT2D eigenvalue weighted by molar-refractivity contribution is 6.30. The first-order valence-corrected chi connectivity index (χ1v) is 7.65. The van der Waals surface area contributed by atoms with Gasteiger partial charge in [0.1, 0.15) is 6.04 Å². The highest BCUT2D eigenvalue weighted by atomic mass is 35.5. The topological polar surface area (TPSA) is 60.7 Å². The molecular formula is C16H12Cl2N4O. The van der Waals surface area contributed by atoms with E-state index < -0.39 is 6.04 Å². The Morgan fingerprint density at radius 2 is 1.57 bits per heavy atom. The van der Waals surface area contributed by atoms with Crippen LogP contribution < -0.4 is 0 Å². The lowest BCUT2D eigenvalue weighted by Crippen LogP contribution is -2.19. The van der Waals surface area contributed by atoms with Crippen LogP contribution in [0.3, 0.4) is 0 Å². The van der Waals surface area contributed by atoms with E-state index in [1.54, 1.807) is 55.5 Å². The Labute approximate surface area is 142 Å². The number of hydrogen-bond acceptors (Lipinski definition) is 4. The molecule has 0 aliphatic rings. The molecule has 1 aromatic heterocycles. The van der Waals surface area contributed by atoms with Gasteiger partial charge in [-0.1, -0.05) is 23.2 Å². The summed E-state index contributed by atoms with van der Waals surface area (Å²) in [6.45, 7) is 1.73. The fraction of sp³-hybridized carbons (Fsp3) is 0.125. The summed E-state index contributed by atoms with van der Waals surface area (Å²) in [4.78, 5) is 13.8. The van der Waals surface area contributed by atoms with Crippen molar-refractivity contribution >= 4 is 29.0 Å². The summed E-state index contributed by atoms with van der Waals surface area (Å²) in [5.41, 5.74) is 1.33. The fourth-order valence-electron chi connectivity index (χ4n) is 2.06. The van der Waals surface area contributed by atoms with Crippen LogP contribution in [0.25, 0.3) is 11.4 Å². The number of carbonyl (C=O) groups is 1. The fourth-order valence-corrected chi connectivity index (χ4v) is 2.32. The van der Waals surface area contributed by atoms with E-state index in [2.05, 4.69) is 15.4 Å². The zero-order valence-corrected chi connectivity index (χ0v) is 13.7. The number of halogens is 2. The van der Waals surface area contributed by atoms with Crippen molar-refractivity contribution in [1.82, 2.24) is 20.2 Å². The summed E-state index contributed by atoms with van der Waals surface area (Å²) in [7, 11) is 0. The molecule has 0 aliphatic carbocycles. The van der Waals surface area contributed by atoms with Gasteiger partial charge in [-0.15, -0.1) is 10.2 Å². The van der Waals surface area contributed by atoms with Gasteiger partial charge in [0, 0.05) is 21.2 Å². The van der Waals surface area contributed by atoms with Crippen LogP contribution in [0, 0.1) is 0 Å². The first-order valence-electron chi connectivity index (χ1n) is 6.90. The third-order valence-electron chi connectivity index (χ3n) is 3.39. The molecule has 0 fully saturated rings. The van der Waals surface area contributed by atoms with Crippen molar-refractivity contribution in [3.8, 4) is 11.4 Å². The molecule has 3 aromatic rings. The Bertz CT molecular complexity index is 828. The Morgan fingerprint density at radius 1 is 1.00 bits per heavy atom. The molecular weight excluding hydrogens is 335 g/mol. The van der Waals surface area contributed by atoms with Crippen molar-refractivity contribution in [1.29, 1.82) is 0 Å². The standard InChI is InChI=1S/C16H12Cl2N4O/c1-10(15(23)11-2-6-13(17)7-3-11)22-20-16(19-21-22)12-4-8-14(18)9-5-12/h2-10H,1H3. The third kappa shape index (κ3) is 3.41. The first-order chi connectivity index (χ1) is 11.0. The molecule has 0 spiro atoms. The molecule has 0 aliphatic heterocycles. The second kappa shape index (κ2) is 6.48. The maximum atomic E-state index is 12.5. The Morgan fingerprint density at radius 3 is 2.17 bits per heavy atom. The highest BCUT2D eigenvalue weighted by Gasteiger charge is 2.20. The summed E-state index contributed by atoms with van der Waals surface area (Å²) in [5.74, 6) is 0.333. The number of ketones is 1. The molecule has 0 N–H and O–H groups in total. The number of rotatable bonds is 4. The van der Waals surface area contributed by atoms with E-state index in [0.29, 0.717) is 21.4 Å². The van der Waals surface area contributed by atoms with Gasteiger partial charge in [0.25, 0.3) is 0 Å². The van der Waals surface area contributed by atoms with Crippen LogP contribution in [0.4, 0.5) is 0 Å². The van der Waals surface area contributed by atoms with E-state index in [4.69, 9.17) is 23.2 Å². The quantitative estimate of drug-likeness (QED) is 0.667. The van der Waals surface area contributed by atoms with Gasteiger partial charge in [-0.25, -0.2) is 0 Å². The molecule has 1 unspecified atom stereocenters. The number of tetrazole rings is 1. The number of aromatic nitrogens is 4. The molecule has 0 saturated carbocycles. The molecule has 1 atom stereocenters. The van der Waals surface area contributed by atoms with Crippen LogP contribution in [0.5, 0.6) is 0 Å². The summed E-state index contributed by atoms with van der Waals surface area (Å²) < 4.78 is 0. The van der Waals surface area contributed by atoms with Crippen LogP contribution in [-0.2, 0) is 0 Å². The molecule has 0 amide bonds. The average Bonchev–Trinajstić information content (AvgIpc) is 3.05. The van der Waals surface area contributed by atoms with Gasteiger partial charge in [-0.2, -0.15) is 4.80 Å². The molecule has 3 rings (SSSR count). The predicted molar refractivity (Wildman–Crippen MR) is 88.8 cm³/mol. The monoisotopic (exact) mass is 346 g/mol. The van der Waals surface area contributed by atoms with E-state index in [1.807, 2.05) is 0 Å². The maximum Gasteiger partial charge on any atom is 0.204 e. The smallest absolute Gasteiger partial charge is 0.204 e. The van der Waals surface area contributed by atoms with Gasteiger partial charge in [0.15, 0.2) is 5.78 Å². The minimum atomic E-state index is -0.565. The molecule has 23 heavy (non-hydrogen) atoms. The van der Waals surface area contributed by atoms with E-state index in [-0.39, 0.29) is 5.78 Å². The maximum absolute atomic E-state index is 12.5. The van der Waals surface area contributed by atoms with Crippen LogP contribution in [0.2, 0.25) is 10.0 Å². The van der Waals surface area contributed by atoms with Crippen molar-refractivity contribution in [3.63, 3.8) is 0 Å². The van der Waals surface area contributed by atoms with E-state index >= 15 is 0 Å². The first kappa shape index (κ1) is 15.6. The summed E-state index contributed by atoms with van der Waals surface area (Å²) in [6.07, 6.45) is 0. The number of Topliss-reactive ketones (excluding diaryl/α,β-unsaturated/α-hetero) is 1. The zero-order chi connectivity index (χ0) is 16.4. The molecule has 2 aromatic carbocycles. The van der Waals surface area contributed by atoms with Gasteiger partial charge >= 0.3 is 0 Å². The second-order valence-electron chi connectivity index (χ2n) is 4.99. The second-order valence-corrected chi connectivity index (χ2v) is 5.86. The van der Waals surface area contributed by atoms with Crippen molar-refractivity contribution in [2.75, 3.05) is 0 Å². The van der Waals surface area contributed by atoms with E-state index in [1.165, 1.54) is 4.80 Å². The van der Waals surface area contributed by atoms with Gasteiger partial charge in [-0.3, -0.25) is 4.79 Å². The number of benzene rings is 2. The lowest BCUT2D eigenvalue weighted by atomic mass is 10.1. The van der Waals surface area contributed by atoms with Crippen LogP contribution >= 0.6 is 23.2 Å². The van der Waals surface area contributed by atoms with Crippen molar-refractivity contribution < 1.29 is 4.79 Å². The number of carbonyl (C=O) groups excluding carboxylic acids is 1. The largest absolute Gasteiger partial charge is 0.292 e. The molecule has 0 saturated heterocycles. The minimum absolute atomic E-state index is 0.110. The van der Waals surface area contributed by atoms with Gasteiger partial charge in [0.2, 0.25) is 5.82 Å². The molecule has 0 radical (unpaired) electrons. The molecule has 116 valence electrons. The van der Waals surface area contributed by atoms with Crippen LogP contribution in [-0.4, -0.2) is 26.0 Å². The SMILES string of the molecule is CC(C(=O)c1ccc(Cl)cc1)n1nnc(-c2ccc(Cl)cc2)n1. The van der Waals surface area contributed by atoms with Crippen LogP contribution in [0.1, 0.15) is 23.3 Å². The molecule has 0 bridgehead atoms. The third-order valence-corrected chi connectivity index (χ3v) is 3.89. The normalized spacial score (nSPS) is 12.1. The summed E-state index contributed by atoms with van der Waals surface area (Å²) >= 11 is 11.7. The Hall–Kier alpha value is -2.24. The van der Waals surface area contributed by atoms with Crippen molar-refractivity contribution in [3.05, 3.63) is 64.1 Å². The predicted octanol–water partition coefficient (Wildman–Crippen LogP) is 4.09. The molecule has 7 heteroatoms. The van der Waals surface area contributed by atoms with Crippen molar-refractivity contribution in [2.45, 2.75) is 13.0 Å². The average molecular weight is 347 g/mol. The Balaban J connectivity index is 1.83. The van der Waals surface area contributed by atoms with Crippen molar-refractivity contribution in [2.24, 2.45) is 0 Å². The van der Waals surface area contributed by atoms with Gasteiger partial charge in [0.05, 0.1) is 0 Å². The van der Waals surface area contributed by atoms with E-state index in [9.17, 15) is 4.79 Å². The molecule has 1 heterocycles. The number of hydrogen-bond donors (Lipinski definition) is 0. The van der Waals surface area contributed by atoms with Gasteiger partial charge < -0.3 is 0 Å². The lowest BCUT2D eigenvalue weighted by Gasteiger charge is -2.08. The zero-order valence-electron chi connectivity index (χ0n) is 12.1. The Kier molecular flexibility index (Phi) is 4.41. The highest BCUT2D eigenvalue weighted by Crippen LogP contribution is 2.19. The summed E-state index contributed by atoms with van der Waals surface area (Å²) in [5, 5.41) is 13.5. The van der Waals surface area contributed by atoms with Crippen LogP contribution in [0.15, 0.2) is 48.5 Å². The van der Waals surface area contributed by atoms with E-state index in [0.717, 1.165) is 5.56 Å². The summed E-state index contributed by atoms with van der Waals surface area (Å²) in [6, 6.07) is 13.2. The number of nitrogens with zero attached hydrogens (tertiary/aromatic N) is 4. The van der Waals surface area contributed by atoms with Gasteiger partial charge in [-0.05, 0) is 60.7 Å². The minimum Gasteiger partial charge on any atom is -0.292 e. The molecule has 5 nitrogen and oxygen atoms in total. The lowest BCUT2D eigenvalue weighted by molar-refractivity contribution is 0.0918.